The Morgan fingerprint density at radius 2 is 1.65 bits per heavy atom. The molecule has 0 atom stereocenters. The molecule has 0 aromatic heterocycles. The zero-order valence-electron chi connectivity index (χ0n) is 9.69. The third-order valence-electron chi connectivity index (χ3n) is 2.13. The molecule has 0 aliphatic heterocycles. The maximum absolute atomic E-state index is 11.4. The Kier molecular flexibility index (Phi) is 4.62. The fraction of sp³-hybridized carbons (Fsp3) is 0.400. The van der Waals surface area contributed by atoms with Crippen molar-refractivity contribution in [3.63, 3.8) is 0 Å². The van der Waals surface area contributed by atoms with Crippen LogP contribution >= 0.6 is 10.7 Å². The zero-order chi connectivity index (χ0) is 13.1. The van der Waals surface area contributed by atoms with Gasteiger partial charge in [0.1, 0.15) is 0 Å². The lowest BCUT2D eigenvalue weighted by Crippen LogP contribution is -2.02. The molecule has 0 N–H and O–H groups in total. The molecule has 0 spiro atoms. The first kappa shape index (κ1) is 14.1. The molecule has 0 unspecified atom stereocenters. The minimum absolute atomic E-state index is 0.0429. The van der Waals surface area contributed by atoms with Crippen LogP contribution in [0.3, 0.4) is 0 Å². The van der Waals surface area contributed by atoms with E-state index in [0.29, 0.717) is 17.1 Å². The maximum atomic E-state index is 11.4. The van der Waals surface area contributed by atoms with Crippen molar-refractivity contribution >= 4 is 19.7 Å². The predicted octanol–water partition coefficient (Wildman–Crippen LogP) is 1.78. The third-order valence-corrected chi connectivity index (χ3v) is 3.53. The van der Waals surface area contributed by atoms with Gasteiger partial charge in [-0.15, -0.1) is 0 Å². The van der Waals surface area contributed by atoms with Crippen LogP contribution in [-0.4, -0.2) is 29.7 Å². The summed E-state index contributed by atoms with van der Waals surface area (Å²) in [6, 6.07) is 2.84. The van der Waals surface area contributed by atoms with Crippen molar-refractivity contribution < 1.29 is 22.6 Å². The molecule has 0 radical (unpaired) electrons. The van der Waals surface area contributed by atoms with E-state index in [1.54, 1.807) is 0 Å². The Hall–Kier alpha value is -0.980. The summed E-state index contributed by atoms with van der Waals surface area (Å²) in [6.07, 6.45) is 0. The van der Waals surface area contributed by atoms with Crippen LogP contribution in [0.4, 0.5) is 0 Å². The van der Waals surface area contributed by atoms with Gasteiger partial charge < -0.3 is 14.2 Å². The molecule has 17 heavy (non-hydrogen) atoms. The number of hydrogen-bond donors (Lipinski definition) is 0. The van der Waals surface area contributed by atoms with Crippen molar-refractivity contribution in [3.05, 3.63) is 17.7 Å². The highest BCUT2D eigenvalue weighted by Crippen LogP contribution is 2.34. The monoisotopic (exact) mass is 280 g/mol. The van der Waals surface area contributed by atoms with Crippen LogP contribution < -0.4 is 9.47 Å². The summed E-state index contributed by atoms with van der Waals surface area (Å²) in [7, 11) is 5.82. The van der Waals surface area contributed by atoms with Crippen molar-refractivity contribution in [1.29, 1.82) is 0 Å². The molecule has 1 rings (SSSR count). The summed E-state index contributed by atoms with van der Waals surface area (Å²) in [6.45, 7) is 0.113. The molecule has 1 aromatic carbocycles. The third kappa shape index (κ3) is 3.24. The molecule has 0 heterocycles. The van der Waals surface area contributed by atoms with Crippen LogP contribution in [0, 0.1) is 0 Å². The van der Waals surface area contributed by atoms with Crippen LogP contribution in [-0.2, 0) is 20.4 Å². The second-order valence-electron chi connectivity index (χ2n) is 3.19. The summed E-state index contributed by atoms with van der Waals surface area (Å²) in [5.74, 6) is 0.718. The molecular formula is C10H13ClO5S. The van der Waals surface area contributed by atoms with Gasteiger partial charge >= 0.3 is 0 Å². The largest absolute Gasteiger partial charge is 0.493 e. The van der Waals surface area contributed by atoms with Gasteiger partial charge in [0.05, 0.1) is 25.7 Å². The van der Waals surface area contributed by atoms with Crippen molar-refractivity contribution in [2.75, 3.05) is 21.3 Å². The van der Waals surface area contributed by atoms with Crippen LogP contribution in [0.15, 0.2) is 17.0 Å². The van der Waals surface area contributed by atoms with Crippen molar-refractivity contribution in [2.45, 2.75) is 11.5 Å². The number of ether oxygens (including phenoxy) is 3. The minimum Gasteiger partial charge on any atom is -0.493 e. The predicted molar refractivity (Wildman–Crippen MR) is 63.3 cm³/mol. The van der Waals surface area contributed by atoms with Gasteiger partial charge in [-0.1, -0.05) is 0 Å². The summed E-state index contributed by atoms with van der Waals surface area (Å²) < 4.78 is 37.8. The standard InChI is InChI=1S/C10H13ClO5S/c1-14-6-7-4-8(15-2)9(16-3)5-10(7)17(11,12)13/h4-5H,6H2,1-3H3. The second kappa shape index (κ2) is 5.57. The Balaban J connectivity index is 3.46. The lowest BCUT2D eigenvalue weighted by atomic mass is 10.2. The van der Waals surface area contributed by atoms with Crippen LogP contribution in [0.5, 0.6) is 11.5 Å². The van der Waals surface area contributed by atoms with Gasteiger partial charge in [0.25, 0.3) is 9.05 Å². The minimum atomic E-state index is -3.86. The maximum Gasteiger partial charge on any atom is 0.261 e. The van der Waals surface area contributed by atoms with Gasteiger partial charge in [-0.05, 0) is 6.07 Å². The highest BCUT2D eigenvalue weighted by atomic mass is 35.7. The first-order valence-corrected chi connectivity index (χ1v) is 6.93. The molecule has 0 fully saturated rings. The average Bonchev–Trinajstić information content (AvgIpc) is 2.27. The van der Waals surface area contributed by atoms with E-state index in [2.05, 4.69) is 0 Å². The first-order valence-electron chi connectivity index (χ1n) is 4.62. The Morgan fingerprint density at radius 3 is 2.06 bits per heavy atom. The van der Waals surface area contributed by atoms with Gasteiger partial charge in [-0.25, -0.2) is 8.42 Å². The Bertz CT molecular complexity index is 498. The summed E-state index contributed by atoms with van der Waals surface area (Å²) in [5.41, 5.74) is 0.417. The lowest BCUT2D eigenvalue weighted by Gasteiger charge is -2.12. The van der Waals surface area contributed by atoms with E-state index in [4.69, 9.17) is 24.9 Å². The molecule has 5 nitrogen and oxygen atoms in total. The Morgan fingerprint density at radius 1 is 1.12 bits per heavy atom. The number of hydrogen-bond acceptors (Lipinski definition) is 5. The number of benzene rings is 1. The fourth-order valence-corrected chi connectivity index (χ4v) is 2.51. The smallest absolute Gasteiger partial charge is 0.261 e. The topological polar surface area (TPSA) is 61.8 Å². The highest BCUT2D eigenvalue weighted by Gasteiger charge is 2.19. The van der Waals surface area contributed by atoms with Gasteiger partial charge in [-0.2, -0.15) is 0 Å². The summed E-state index contributed by atoms with van der Waals surface area (Å²) in [4.78, 5) is -0.0429. The van der Waals surface area contributed by atoms with Crippen LogP contribution in [0.2, 0.25) is 0 Å². The molecule has 0 amide bonds. The van der Waals surface area contributed by atoms with E-state index < -0.39 is 9.05 Å². The molecular weight excluding hydrogens is 268 g/mol. The molecule has 7 heteroatoms. The Labute approximate surface area is 105 Å². The van der Waals surface area contributed by atoms with Gasteiger partial charge in [0, 0.05) is 29.4 Å². The van der Waals surface area contributed by atoms with E-state index in [-0.39, 0.29) is 11.5 Å². The molecule has 0 aliphatic carbocycles. The van der Waals surface area contributed by atoms with E-state index in [1.165, 1.54) is 33.5 Å². The quantitative estimate of drug-likeness (QED) is 0.770. The van der Waals surface area contributed by atoms with Gasteiger partial charge in [0.2, 0.25) is 0 Å². The van der Waals surface area contributed by atoms with Crippen LogP contribution in [0.1, 0.15) is 5.56 Å². The molecule has 1 aromatic rings. The number of halogens is 1. The van der Waals surface area contributed by atoms with Crippen molar-refractivity contribution in [2.24, 2.45) is 0 Å². The normalized spacial score (nSPS) is 11.3. The SMILES string of the molecule is COCc1cc(OC)c(OC)cc1S(=O)(=O)Cl. The number of methoxy groups -OCH3 is 3. The van der Waals surface area contributed by atoms with Gasteiger partial charge in [-0.3, -0.25) is 0 Å². The lowest BCUT2D eigenvalue weighted by molar-refractivity contribution is 0.182. The van der Waals surface area contributed by atoms with E-state index in [0.717, 1.165) is 0 Å². The van der Waals surface area contributed by atoms with E-state index >= 15 is 0 Å². The zero-order valence-corrected chi connectivity index (χ0v) is 11.3. The summed E-state index contributed by atoms with van der Waals surface area (Å²) in [5, 5.41) is 0. The second-order valence-corrected chi connectivity index (χ2v) is 5.72. The van der Waals surface area contributed by atoms with E-state index in [9.17, 15) is 8.42 Å². The average molecular weight is 281 g/mol. The fourth-order valence-electron chi connectivity index (χ4n) is 1.40. The van der Waals surface area contributed by atoms with E-state index in [1.807, 2.05) is 0 Å². The number of rotatable bonds is 5. The summed E-state index contributed by atoms with van der Waals surface area (Å²) >= 11 is 0. The first-order chi connectivity index (χ1) is 7.93. The molecule has 96 valence electrons. The van der Waals surface area contributed by atoms with Crippen molar-refractivity contribution in [3.8, 4) is 11.5 Å². The molecule has 0 bridgehead atoms. The van der Waals surface area contributed by atoms with Crippen molar-refractivity contribution in [1.82, 2.24) is 0 Å². The molecule has 0 saturated heterocycles. The molecule has 0 saturated carbocycles. The van der Waals surface area contributed by atoms with Gasteiger partial charge in [0.15, 0.2) is 11.5 Å². The van der Waals surface area contributed by atoms with Crippen LogP contribution in [0.25, 0.3) is 0 Å². The molecule has 0 aliphatic rings. The highest BCUT2D eigenvalue weighted by molar-refractivity contribution is 8.13.